The predicted molar refractivity (Wildman–Crippen MR) is 95.2 cm³/mol. The van der Waals surface area contributed by atoms with Crippen molar-refractivity contribution in [1.82, 2.24) is 5.32 Å². The maximum absolute atomic E-state index is 11.7. The maximum Gasteiger partial charge on any atom is 0.407 e. The summed E-state index contributed by atoms with van der Waals surface area (Å²) in [6.07, 6.45) is -3.63. The Hall–Kier alpha value is -3.17. The number of nitro groups is 1. The van der Waals surface area contributed by atoms with E-state index in [-0.39, 0.29) is 30.2 Å². The van der Waals surface area contributed by atoms with Crippen molar-refractivity contribution in [2.24, 2.45) is 0 Å². The second-order valence-electron chi connectivity index (χ2n) is 5.68. The molecule has 2 rings (SSSR count). The van der Waals surface area contributed by atoms with Crippen LogP contribution in [0, 0.1) is 10.1 Å². The molecule has 0 aliphatic carbocycles. The Labute approximate surface area is 155 Å². The number of non-ortho nitro benzene ring substituents is 1. The summed E-state index contributed by atoms with van der Waals surface area (Å²) in [5.74, 6) is 0.167. The van der Waals surface area contributed by atoms with Gasteiger partial charge in [0.25, 0.3) is 5.69 Å². The summed E-state index contributed by atoms with van der Waals surface area (Å²) in [5.41, 5.74) is 0.607. The lowest BCUT2D eigenvalue weighted by atomic mass is 10.0. The normalized spacial score (nSPS) is 12.7. The molecule has 1 amide bonds. The number of carbonyl (C=O) groups is 1. The molecule has 0 bridgehead atoms. The molecule has 2 unspecified atom stereocenters. The van der Waals surface area contributed by atoms with Crippen molar-refractivity contribution >= 4 is 11.8 Å². The number of methoxy groups -OCH3 is 1. The minimum atomic E-state index is -1.46. The standard InChI is InChI=1S/C18H20N2O7/c1-26-15-8-13(7-14(9-15)20(24)25)17(22)16(21)10-19-18(23)27-11-12-5-3-2-4-6-12/h2-9,16-17,21-22H,10-11H2,1H3,(H,19,23). The fourth-order valence-corrected chi connectivity index (χ4v) is 2.30. The largest absolute Gasteiger partial charge is 0.496 e. The summed E-state index contributed by atoms with van der Waals surface area (Å²) in [4.78, 5) is 22.0. The van der Waals surface area contributed by atoms with Crippen LogP contribution in [0.1, 0.15) is 17.2 Å². The highest BCUT2D eigenvalue weighted by molar-refractivity contribution is 5.67. The van der Waals surface area contributed by atoms with E-state index in [0.29, 0.717) is 0 Å². The van der Waals surface area contributed by atoms with Gasteiger partial charge in [-0.25, -0.2) is 4.79 Å². The molecule has 0 heterocycles. The first kappa shape index (κ1) is 20.1. The molecule has 27 heavy (non-hydrogen) atoms. The predicted octanol–water partition coefficient (Wildman–Crippen LogP) is 1.92. The van der Waals surface area contributed by atoms with Crippen molar-refractivity contribution in [3.63, 3.8) is 0 Å². The van der Waals surface area contributed by atoms with Gasteiger partial charge < -0.3 is 25.0 Å². The molecule has 0 saturated heterocycles. The van der Waals surface area contributed by atoms with Crippen molar-refractivity contribution in [1.29, 1.82) is 0 Å². The number of carbonyl (C=O) groups excluding carboxylic acids is 1. The lowest BCUT2D eigenvalue weighted by Crippen LogP contribution is -2.35. The van der Waals surface area contributed by atoms with Crippen molar-refractivity contribution in [2.45, 2.75) is 18.8 Å². The number of nitrogens with one attached hydrogen (secondary N) is 1. The van der Waals surface area contributed by atoms with Gasteiger partial charge in [0.05, 0.1) is 18.1 Å². The van der Waals surface area contributed by atoms with Gasteiger partial charge in [-0.05, 0) is 17.2 Å². The number of nitrogens with zero attached hydrogens (tertiary/aromatic N) is 1. The van der Waals surface area contributed by atoms with Crippen LogP contribution in [0.2, 0.25) is 0 Å². The van der Waals surface area contributed by atoms with E-state index >= 15 is 0 Å². The van der Waals surface area contributed by atoms with E-state index < -0.39 is 23.2 Å². The lowest BCUT2D eigenvalue weighted by Gasteiger charge is -2.19. The monoisotopic (exact) mass is 376 g/mol. The molecular formula is C18H20N2O7. The molecule has 2 aromatic carbocycles. The molecule has 0 saturated carbocycles. The van der Waals surface area contributed by atoms with Crippen LogP contribution in [0.4, 0.5) is 10.5 Å². The minimum Gasteiger partial charge on any atom is -0.496 e. The van der Waals surface area contributed by atoms with Crippen LogP contribution in [-0.2, 0) is 11.3 Å². The van der Waals surface area contributed by atoms with Crippen LogP contribution in [0.3, 0.4) is 0 Å². The van der Waals surface area contributed by atoms with Gasteiger partial charge in [0.2, 0.25) is 0 Å². The van der Waals surface area contributed by atoms with Crippen molar-refractivity contribution < 1.29 is 29.4 Å². The van der Waals surface area contributed by atoms with E-state index in [4.69, 9.17) is 9.47 Å². The Balaban J connectivity index is 1.91. The molecule has 0 aliphatic rings. The summed E-state index contributed by atoms with van der Waals surface area (Å²) in [5, 5.41) is 33.6. The first-order valence-corrected chi connectivity index (χ1v) is 8.04. The lowest BCUT2D eigenvalue weighted by molar-refractivity contribution is -0.385. The molecule has 144 valence electrons. The summed E-state index contributed by atoms with van der Waals surface area (Å²) in [6.45, 7) is -0.243. The van der Waals surface area contributed by atoms with Crippen LogP contribution in [0.25, 0.3) is 0 Å². The zero-order valence-corrected chi connectivity index (χ0v) is 14.6. The van der Waals surface area contributed by atoms with Gasteiger partial charge in [0.15, 0.2) is 0 Å². The van der Waals surface area contributed by atoms with Crippen LogP contribution in [-0.4, -0.2) is 41.0 Å². The molecule has 0 spiro atoms. The number of nitro benzene ring substituents is 1. The molecule has 9 nitrogen and oxygen atoms in total. The molecule has 2 aromatic rings. The first-order chi connectivity index (χ1) is 12.9. The van der Waals surface area contributed by atoms with Crippen LogP contribution >= 0.6 is 0 Å². The van der Waals surface area contributed by atoms with E-state index in [2.05, 4.69) is 5.32 Å². The Bertz CT molecular complexity index is 783. The minimum absolute atomic E-state index is 0.0629. The van der Waals surface area contributed by atoms with Crippen LogP contribution in [0.15, 0.2) is 48.5 Å². The maximum atomic E-state index is 11.7. The van der Waals surface area contributed by atoms with Crippen molar-refractivity contribution in [2.75, 3.05) is 13.7 Å². The van der Waals surface area contributed by atoms with Gasteiger partial charge in [-0.2, -0.15) is 0 Å². The molecule has 0 aromatic heterocycles. The highest BCUT2D eigenvalue weighted by atomic mass is 16.6. The van der Waals surface area contributed by atoms with Gasteiger partial charge in [0.1, 0.15) is 24.6 Å². The van der Waals surface area contributed by atoms with Crippen LogP contribution in [0.5, 0.6) is 5.75 Å². The quantitative estimate of drug-likeness (QED) is 0.474. The first-order valence-electron chi connectivity index (χ1n) is 8.04. The van der Waals surface area contributed by atoms with Crippen molar-refractivity contribution in [3.05, 3.63) is 69.8 Å². The molecule has 0 radical (unpaired) electrons. The third-order valence-electron chi connectivity index (χ3n) is 3.73. The second kappa shape index (κ2) is 9.51. The fourth-order valence-electron chi connectivity index (χ4n) is 2.30. The number of hydrogen-bond donors (Lipinski definition) is 3. The number of aliphatic hydroxyl groups excluding tert-OH is 2. The average Bonchev–Trinajstić information content (AvgIpc) is 2.70. The van der Waals surface area contributed by atoms with E-state index in [1.165, 1.54) is 19.2 Å². The number of amides is 1. The number of benzene rings is 2. The zero-order chi connectivity index (χ0) is 19.8. The number of aliphatic hydroxyl groups is 2. The Morgan fingerprint density at radius 2 is 1.93 bits per heavy atom. The summed E-state index contributed by atoms with van der Waals surface area (Å²) >= 11 is 0. The van der Waals surface area contributed by atoms with Gasteiger partial charge in [-0.15, -0.1) is 0 Å². The number of alkyl carbamates (subject to hydrolysis) is 1. The van der Waals surface area contributed by atoms with E-state index in [0.717, 1.165) is 11.6 Å². The SMILES string of the molecule is COc1cc(C(O)C(O)CNC(=O)OCc2ccccc2)cc([N+](=O)[O-])c1. The fraction of sp³-hybridized carbons (Fsp3) is 0.278. The van der Waals surface area contributed by atoms with Crippen molar-refractivity contribution in [3.8, 4) is 5.75 Å². The number of hydrogen-bond acceptors (Lipinski definition) is 7. The van der Waals surface area contributed by atoms with Gasteiger partial charge in [0, 0.05) is 12.6 Å². The van der Waals surface area contributed by atoms with Crippen LogP contribution < -0.4 is 10.1 Å². The average molecular weight is 376 g/mol. The topological polar surface area (TPSA) is 131 Å². The third kappa shape index (κ3) is 5.94. The summed E-state index contributed by atoms with van der Waals surface area (Å²) in [7, 11) is 1.33. The smallest absolute Gasteiger partial charge is 0.407 e. The highest BCUT2D eigenvalue weighted by Crippen LogP contribution is 2.27. The Morgan fingerprint density at radius 3 is 2.56 bits per heavy atom. The summed E-state index contributed by atoms with van der Waals surface area (Å²) in [6, 6.07) is 12.7. The third-order valence-corrected chi connectivity index (χ3v) is 3.73. The number of rotatable bonds is 8. The van der Waals surface area contributed by atoms with Gasteiger partial charge in [-0.1, -0.05) is 30.3 Å². The molecule has 9 heteroatoms. The van der Waals surface area contributed by atoms with Gasteiger partial charge >= 0.3 is 6.09 Å². The molecule has 2 atom stereocenters. The molecule has 3 N–H and O–H groups in total. The highest BCUT2D eigenvalue weighted by Gasteiger charge is 2.22. The number of ether oxygens (including phenoxy) is 2. The molecular weight excluding hydrogens is 356 g/mol. The second-order valence-corrected chi connectivity index (χ2v) is 5.68. The van der Waals surface area contributed by atoms with E-state index in [1.54, 1.807) is 12.1 Å². The molecule has 0 fully saturated rings. The Morgan fingerprint density at radius 1 is 1.22 bits per heavy atom. The van der Waals surface area contributed by atoms with E-state index in [9.17, 15) is 25.1 Å². The Kier molecular flexibility index (Phi) is 7.09. The van der Waals surface area contributed by atoms with Gasteiger partial charge in [-0.3, -0.25) is 10.1 Å². The summed E-state index contributed by atoms with van der Waals surface area (Å²) < 4.78 is 9.96. The zero-order valence-electron chi connectivity index (χ0n) is 14.6. The van der Waals surface area contributed by atoms with E-state index in [1.807, 2.05) is 18.2 Å². The molecule has 0 aliphatic heterocycles.